The van der Waals surface area contributed by atoms with Crippen molar-refractivity contribution in [3.63, 3.8) is 0 Å². The van der Waals surface area contributed by atoms with Crippen molar-refractivity contribution < 1.29 is 32.7 Å². The summed E-state index contributed by atoms with van der Waals surface area (Å²) in [6.45, 7) is 0. The lowest BCUT2D eigenvalue weighted by Crippen LogP contribution is -2.59. The van der Waals surface area contributed by atoms with Crippen molar-refractivity contribution in [3.05, 3.63) is 42.0 Å². The highest BCUT2D eigenvalue weighted by Gasteiger charge is 2.44. The number of carboxylic acid groups (broad SMARTS) is 1. The highest BCUT2D eigenvalue weighted by atomic mass is 19.4. The number of aliphatic carboxylic acids is 1. The van der Waals surface area contributed by atoms with Gasteiger partial charge in [-0.05, 0) is 25.0 Å². The van der Waals surface area contributed by atoms with E-state index >= 15 is 0 Å². The second-order valence-electron chi connectivity index (χ2n) is 6.88. The second-order valence-corrected chi connectivity index (χ2v) is 6.88. The summed E-state index contributed by atoms with van der Waals surface area (Å²) in [5, 5.41) is 12.1. The highest BCUT2D eigenvalue weighted by Crippen LogP contribution is 2.35. The number of ketones is 1. The third-order valence-corrected chi connectivity index (χ3v) is 4.96. The number of halogens is 3. The molecule has 1 amide bonds. The number of amides is 1. The van der Waals surface area contributed by atoms with Crippen LogP contribution in [0.2, 0.25) is 0 Å². The third-order valence-electron chi connectivity index (χ3n) is 4.96. The van der Waals surface area contributed by atoms with Crippen molar-refractivity contribution in [1.82, 2.24) is 4.90 Å². The Morgan fingerprint density at radius 2 is 1.79 bits per heavy atom. The van der Waals surface area contributed by atoms with E-state index in [2.05, 4.69) is 5.32 Å². The van der Waals surface area contributed by atoms with Crippen LogP contribution in [0, 0.1) is 0 Å². The molecular weight excluding hydrogens is 377 g/mol. The zero-order chi connectivity index (χ0) is 20.5. The molecule has 2 heterocycles. The van der Waals surface area contributed by atoms with Crippen LogP contribution in [0.5, 0.6) is 0 Å². The van der Waals surface area contributed by atoms with E-state index in [4.69, 9.17) is 0 Å². The number of para-hydroxylation sites is 1. The monoisotopic (exact) mass is 396 g/mol. The number of piperidine rings is 1. The minimum atomic E-state index is -4.60. The quantitative estimate of drug-likeness (QED) is 0.768. The number of carbonyl (C=O) groups excluding carboxylic acids is 2. The van der Waals surface area contributed by atoms with Gasteiger partial charge in [0.1, 0.15) is 17.9 Å². The summed E-state index contributed by atoms with van der Waals surface area (Å²) < 4.78 is 39.8. The zero-order valence-electron chi connectivity index (χ0n) is 14.8. The second kappa shape index (κ2) is 7.65. The number of alkyl halides is 3. The van der Waals surface area contributed by atoms with Crippen LogP contribution < -0.4 is 5.32 Å². The number of hydrogen-bond acceptors (Lipinski definition) is 4. The average molecular weight is 396 g/mol. The van der Waals surface area contributed by atoms with Crippen molar-refractivity contribution >= 4 is 23.3 Å². The summed E-state index contributed by atoms with van der Waals surface area (Å²) in [6, 6.07) is 1.81. The maximum absolute atomic E-state index is 13.3. The Kier molecular flexibility index (Phi) is 5.44. The van der Waals surface area contributed by atoms with Gasteiger partial charge in [-0.2, -0.15) is 13.2 Å². The Labute approximate surface area is 159 Å². The summed E-state index contributed by atoms with van der Waals surface area (Å²) in [4.78, 5) is 37.8. The molecule has 0 aliphatic carbocycles. The van der Waals surface area contributed by atoms with Gasteiger partial charge in [0.15, 0.2) is 0 Å². The Morgan fingerprint density at radius 3 is 2.46 bits per heavy atom. The lowest BCUT2D eigenvalue weighted by molar-refractivity contribution is -0.158. The van der Waals surface area contributed by atoms with Gasteiger partial charge in [0.25, 0.3) is 0 Å². The van der Waals surface area contributed by atoms with Crippen LogP contribution in [0.3, 0.4) is 0 Å². The van der Waals surface area contributed by atoms with E-state index in [-0.39, 0.29) is 30.7 Å². The van der Waals surface area contributed by atoms with Crippen molar-refractivity contribution in [2.75, 3.05) is 5.32 Å². The van der Waals surface area contributed by atoms with Crippen LogP contribution in [0.15, 0.2) is 36.4 Å². The fourth-order valence-electron chi connectivity index (χ4n) is 3.68. The third kappa shape index (κ3) is 4.02. The number of nitrogens with one attached hydrogen (secondary N) is 1. The van der Waals surface area contributed by atoms with E-state index in [1.54, 1.807) is 12.2 Å². The van der Waals surface area contributed by atoms with Crippen LogP contribution >= 0.6 is 0 Å². The number of hydrogen-bond donors (Lipinski definition) is 2. The molecule has 0 unspecified atom stereocenters. The molecule has 150 valence electrons. The van der Waals surface area contributed by atoms with E-state index in [1.165, 1.54) is 18.2 Å². The Bertz CT molecular complexity index is 822. The van der Waals surface area contributed by atoms with Gasteiger partial charge in [-0.25, -0.2) is 4.79 Å². The number of nitrogens with zero attached hydrogens (tertiary/aromatic N) is 1. The average Bonchev–Trinajstić information content (AvgIpc) is 2.61. The SMILES string of the molecule is O=C1C[C@@H]2C/C=C\C[C@H](Nc3ccccc3C(F)(F)F)C(=O)N2[C@H](C(=O)O)C1. The maximum Gasteiger partial charge on any atom is 0.418 e. The summed E-state index contributed by atoms with van der Waals surface area (Å²) >= 11 is 0. The van der Waals surface area contributed by atoms with Gasteiger partial charge in [0, 0.05) is 24.6 Å². The fraction of sp³-hybridized carbons (Fsp3) is 0.421. The van der Waals surface area contributed by atoms with E-state index in [9.17, 15) is 32.7 Å². The van der Waals surface area contributed by atoms with Gasteiger partial charge >= 0.3 is 12.1 Å². The maximum atomic E-state index is 13.3. The van der Waals surface area contributed by atoms with Gasteiger partial charge < -0.3 is 15.3 Å². The van der Waals surface area contributed by atoms with Crippen LogP contribution in [0.25, 0.3) is 0 Å². The molecule has 28 heavy (non-hydrogen) atoms. The van der Waals surface area contributed by atoms with Crippen molar-refractivity contribution in [3.8, 4) is 0 Å². The number of rotatable bonds is 3. The van der Waals surface area contributed by atoms with E-state index in [1.807, 2.05) is 0 Å². The van der Waals surface area contributed by atoms with Gasteiger partial charge in [-0.3, -0.25) is 9.59 Å². The summed E-state index contributed by atoms with van der Waals surface area (Å²) in [6.07, 6.45) is -1.04. The Balaban J connectivity index is 1.94. The topological polar surface area (TPSA) is 86.7 Å². The fourth-order valence-corrected chi connectivity index (χ4v) is 3.68. The van der Waals surface area contributed by atoms with Gasteiger partial charge in [0.2, 0.25) is 5.91 Å². The Hall–Kier alpha value is -2.84. The molecule has 3 rings (SSSR count). The summed E-state index contributed by atoms with van der Waals surface area (Å²) in [5.74, 6) is -2.17. The smallest absolute Gasteiger partial charge is 0.418 e. The molecule has 9 heteroatoms. The number of anilines is 1. The predicted octanol–water partition coefficient (Wildman–Crippen LogP) is 2.85. The van der Waals surface area contributed by atoms with Crippen LogP contribution in [0.1, 0.15) is 31.2 Å². The largest absolute Gasteiger partial charge is 0.480 e. The molecule has 0 saturated carbocycles. The molecule has 0 spiro atoms. The molecule has 6 nitrogen and oxygen atoms in total. The van der Waals surface area contributed by atoms with Gasteiger partial charge in [-0.15, -0.1) is 0 Å². The minimum Gasteiger partial charge on any atom is -0.480 e. The van der Waals surface area contributed by atoms with E-state index < -0.39 is 41.7 Å². The van der Waals surface area contributed by atoms with Crippen LogP contribution in [0.4, 0.5) is 18.9 Å². The normalized spacial score (nSPS) is 26.8. The molecule has 1 aromatic rings. The number of Topliss-reactive ketones (excluding diaryl/α,β-unsaturated/α-hetero) is 1. The van der Waals surface area contributed by atoms with E-state index in [0.29, 0.717) is 6.42 Å². The van der Waals surface area contributed by atoms with Crippen molar-refractivity contribution in [2.24, 2.45) is 0 Å². The first-order chi connectivity index (χ1) is 13.2. The van der Waals surface area contributed by atoms with Crippen molar-refractivity contribution in [2.45, 2.75) is 50.0 Å². The first kappa shape index (κ1) is 19.9. The highest BCUT2D eigenvalue weighted by molar-refractivity contribution is 5.95. The number of carboxylic acids is 1. The molecule has 2 aliphatic heterocycles. The molecule has 0 bridgehead atoms. The minimum absolute atomic E-state index is 0.0335. The molecular formula is C19H19F3N2O4. The molecule has 0 radical (unpaired) electrons. The van der Waals surface area contributed by atoms with Gasteiger partial charge in [0.05, 0.1) is 5.56 Å². The molecule has 2 aliphatic rings. The molecule has 0 aromatic heterocycles. The van der Waals surface area contributed by atoms with Crippen LogP contribution in [-0.2, 0) is 20.6 Å². The predicted molar refractivity (Wildman–Crippen MR) is 93.5 cm³/mol. The van der Waals surface area contributed by atoms with E-state index in [0.717, 1.165) is 11.0 Å². The molecule has 1 aromatic carbocycles. The molecule has 1 saturated heterocycles. The molecule has 1 fully saturated rings. The lowest BCUT2D eigenvalue weighted by atomic mass is 9.89. The lowest BCUT2D eigenvalue weighted by Gasteiger charge is -2.42. The molecule has 3 atom stereocenters. The summed E-state index contributed by atoms with van der Waals surface area (Å²) in [5.41, 5.74) is -1.16. The number of benzene rings is 1. The number of carbonyl (C=O) groups is 3. The van der Waals surface area contributed by atoms with Gasteiger partial charge in [-0.1, -0.05) is 24.3 Å². The van der Waals surface area contributed by atoms with Crippen molar-refractivity contribution in [1.29, 1.82) is 0 Å². The summed E-state index contributed by atoms with van der Waals surface area (Å²) in [7, 11) is 0. The molecule has 2 N–H and O–H groups in total. The number of fused-ring (bicyclic) bond motifs is 1. The first-order valence-corrected chi connectivity index (χ1v) is 8.83. The first-order valence-electron chi connectivity index (χ1n) is 8.83. The standard InChI is InChI=1S/C19H19F3N2O4/c20-19(21,22)13-6-2-4-7-14(13)23-15-8-3-1-5-11-9-12(25)10-16(18(27)28)24(11)17(15)26/h1-4,6-7,11,15-16,23H,5,8-10H2,(H,27,28)/b3-1-/t11-,15-,16-/m0/s1. The van der Waals surface area contributed by atoms with Crippen LogP contribution in [-0.4, -0.2) is 45.8 Å². The zero-order valence-corrected chi connectivity index (χ0v) is 14.8. The Morgan fingerprint density at radius 1 is 1.11 bits per heavy atom.